The van der Waals surface area contributed by atoms with Crippen LogP contribution in [0.15, 0.2) is 97.5 Å². The number of rotatable bonds is 3. The Labute approximate surface area is 197 Å². The Bertz CT molecular complexity index is 1480. The van der Waals surface area contributed by atoms with Gasteiger partial charge in [-0.15, -0.1) is 0 Å². The average Bonchev–Trinajstić information content (AvgIpc) is 3.61. The molecule has 1 aliphatic heterocycles. The first-order valence-corrected chi connectivity index (χ1v) is 11.4. The fourth-order valence-corrected chi connectivity index (χ4v) is 5.61. The highest BCUT2D eigenvalue weighted by atomic mass is 15.4. The van der Waals surface area contributed by atoms with Gasteiger partial charge in [0.15, 0.2) is 0 Å². The normalized spacial score (nSPS) is 15.2. The number of para-hydroxylation sites is 2. The van der Waals surface area contributed by atoms with Crippen LogP contribution in [0.5, 0.6) is 0 Å². The van der Waals surface area contributed by atoms with Gasteiger partial charge in [0.25, 0.3) is 0 Å². The molecule has 0 bridgehead atoms. The number of aromatic nitrogens is 4. The smallest absolute Gasteiger partial charge is 0.122 e. The number of nitrogens with zero attached hydrogens (tertiary/aromatic N) is 5. The number of pyridine rings is 2. The zero-order valence-electron chi connectivity index (χ0n) is 18.7. The molecule has 6 heteroatoms. The van der Waals surface area contributed by atoms with Crippen molar-refractivity contribution in [3.05, 3.63) is 120 Å². The zero-order valence-corrected chi connectivity index (χ0v) is 18.7. The van der Waals surface area contributed by atoms with Crippen LogP contribution in [-0.4, -0.2) is 33.9 Å². The molecule has 1 N–H and O–H groups in total. The third-order valence-corrected chi connectivity index (χ3v) is 7.05. The number of aromatic amines is 1. The fraction of sp³-hybridized carbons (Fsp3) is 0.107. The molecule has 164 valence electrons. The number of fused-ring (bicyclic) bond motifs is 4. The zero-order chi connectivity index (χ0) is 22.7. The average molecular weight is 443 g/mol. The molecule has 2 aliphatic rings. The number of benzene rings is 2. The SMILES string of the molecule is CN1CN(c2cccc(C3(c4ccn[nH]4)c4ncccc4-c4cccnc43)c2)c2ccccc21. The van der Waals surface area contributed by atoms with Crippen molar-refractivity contribution in [1.82, 2.24) is 20.2 Å². The summed E-state index contributed by atoms with van der Waals surface area (Å²) in [6, 6.07) is 27.6. The first-order chi connectivity index (χ1) is 16.8. The highest BCUT2D eigenvalue weighted by molar-refractivity contribution is 5.85. The van der Waals surface area contributed by atoms with E-state index in [0.29, 0.717) is 0 Å². The van der Waals surface area contributed by atoms with Crippen molar-refractivity contribution >= 4 is 17.1 Å². The molecule has 0 spiro atoms. The van der Waals surface area contributed by atoms with Crippen LogP contribution in [-0.2, 0) is 5.41 Å². The molecule has 0 radical (unpaired) electrons. The molecule has 0 unspecified atom stereocenters. The molecule has 0 atom stereocenters. The van der Waals surface area contributed by atoms with Gasteiger partial charge in [-0.2, -0.15) is 5.10 Å². The van der Waals surface area contributed by atoms with Crippen molar-refractivity contribution in [3.63, 3.8) is 0 Å². The van der Waals surface area contributed by atoms with E-state index < -0.39 is 5.41 Å². The van der Waals surface area contributed by atoms with Crippen LogP contribution < -0.4 is 9.80 Å². The molecule has 0 fully saturated rings. The number of nitrogens with one attached hydrogen (secondary N) is 1. The minimum absolute atomic E-state index is 0.676. The molecule has 6 nitrogen and oxygen atoms in total. The van der Waals surface area contributed by atoms with Crippen molar-refractivity contribution in [2.45, 2.75) is 5.41 Å². The molecule has 34 heavy (non-hydrogen) atoms. The molecule has 0 saturated carbocycles. The van der Waals surface area contributed by atoms with Crippen LogP contribution in [0.4, 0.5) is 17.1 Å². The van der Waals surface area contributed by atoms with Crippen LogP contribution in [0.25, 0.3) is 11.1 Å². The van der Waals surface area contributed by atoms with Gasteiger partial charge in [0.2, 0.25) is 0 Å². The Morgan fingerprint density at radius 1 is 0.765 bits per heavy atom. The van der Waals surface area contributed by atoms with E-state index in [0.717, 1.165) is 46.1 Å². The summed E-state index contributed by atoms with van der Waals surface area (Å²) in [4.78, 5) is 14.5. The Balaban J connectivity index is 1.50. The third-order valence-electron chi connectivity index (χ3n) is 7.05. The Morgan fingerprint density at radius 2 is 1.50 bits per heavy atom. The lowest BCUT2D eigenvalue weighted by atomic mass is 9.74. The first kappa shape index (κ1) is 19.1. The minimum Gasteiger partial charge on any atom is -0.355 e. The van der Waals surface area contributed by atoms with Gasteiger partial charge in [-0.25, -0.2) is 0 Å². The van der Waals surface area contributed by atoms with Gasteiger partial charge in [0, 0.05) is 42.5 Å². The summed E-state index contributed by atoms with van der Waals surface area (Å²) in [6.45, 7) is 0.795. The highest BCUT2D eigenvalue weighted by Crippen LogP contribution is 2.54. The third kappa shape index (κ3) is 2.42. The molecule has 1 aliphatic carbocycles. The summed E-state index contributed by atoms with van der Waals surface area (Å²) in [5.41, 5.74) is 9.14. The van der Waals surface area contributed by atoms with Gasteiger partial charge >= 0.3 is 0 Å². The first-order valence-electron chi connectivity index (χ1n) is 11.4. The minimum atomic E-state index is -0.676. The maximum absolute atomic E-state index is 4.93. The van der Waals surface area contributed by atoms with Crippen molar-refractivity contribution in [3.8, 4) is 11.1 Å². The van der Waals surface area contributed by atoms with E-state index in [-0.39, 0.29) is 0 Å². The van der Waals surface area contributed by atoms with Gasteiger partial charge < -0.3 is 9.80 Å². The Hall–Kier alpha value is -4.45. The van der Waals surface area contributed by atoms with Gasteiger partial charge in [0.05, 0.1) is 35.1 Å². The molecule has 2 aromatic carbocycles. The van der Waals surface area contributed by atoms with Crippen molar-refractivity contribution < 1.29 is 0 Å². The maximum atomic E-state index is 4.93. The quantitative estimate of drug-likeness (QED) is 0.413. The largest absolute Gasteiger partial charge is 0.355 e. The monoisotopic (exact) mass is 442 g/mol. The lowest BCUT2D eigenvalue weighted by Gasteiger charge is -2.31. The Kier molecular flexibility index (Phi) is 3.94. The van der Waals surface area contributed by atoms with E-state index in [1.165, 1.54) is 11.4 Å². The molecule has 3 aromatic heterocycles. The van der Waals surface area contributed by atoms with Gasteiger partial charge in [-0.1, -0.05) is 36.4 Å². The van der Waals surface area contributed by atoms with E-state index in [2.05, 4.69) is 87.7 Å². The van der Waals surface area contributed by atoms with E-state index in [1.807, 2.05) is 30.6 Å². The molecule has 5 aromatic rings. The predicted molar refractivity (Wildman–Crippen MR) is 133 cm³/mol. The predicted octanol–water partition coefficient (Wildman–Crippen LogP) is 5.11. The van der Waals surface area contributed by atoms with E-state index in [4.69, 9.17) is 9.97 Å². The van der Waals surface area contributed by atoms with E-state index in [9.17, 15) is 0 Å². The second-order valence-electron chi connectivity index (χ2n) is 8.83. The second kappa shape index (κ2) is 7.02. The van der Waals surface area contributed by atoms with Crippen LogP contribution in [0.1, 0.15) is 22.6 Å². The highest BCUT2D eigenvalue weighted by Gasteiger charge is 2.50. The van der Waals surface area contributed by atoms with Crippen molar-refractivity contribution in [2.24, 2.45) is 0 Å². The lowest BCUT2D eigenvalue weighted by Crippen LogP contribution is -2.31. The van der Waals surface area contributed by atoms with Crippen molar-refractivity contribution in [1.29, 1.82) is 0 Å². The van der Waals surface area contributed by atoms with Gasteiger partial charge in [0.1, 0.15) is 5.41 Å². The number of hydrogen-bond acceptors (Lipinski definition) is 5. The topological polar surface area (TPSA) is 60.9 Å². The van der Waals surface area contributed by atoms with E-state index in [1.54, 1.807) is 6.20 Å². The fourth-order valence-electron chi connectivity index (χ4n) is 5.61. The second-order valence-corrected chi connectivity index (χ2v) is 8.83. The molecule has 7 rings (SSSR count). The molecule has 0 amide bonds. The number of hydrogen-bond donors (Lipinski definition) is 1. The summed E-state index contributed by atoms with van der Waals surface area (Å²) in [5, 5.41) is 7.59. The van der Waals surface area contributed by atoms with Crippen LogP contribution in [0.3, 0.4) is 0 Å². The van der Waals surface area contributed by atoms with E-state index >= 15 is 0 Å². The summed E-state index contributed by atoms with van der Waals surface area (Å²) in [6.07, 6.45) is 5.53. The molecular formula is C28H22N6. The van der Waals surface area contributed by atoms with Gasteiger partial charge in [-0.05, 0) is 48.0 Å². The molecule has 0 saturated heterocycles. The van der Waals surface area contributed by atoms with Crippen LogP contribution in [0.2, 0.25) is 0 Å². The van der Waals surface area contributed by atoms with Crippen LogP contribution >= 0.6 is 0 Å². The summed E-state index contributed by atoms with van der Waals surface area (Å²) in [5.74, 6) is 0. The van der Waals surface area contributed by atoms with Crippen molar-refractivity contribution in [2.75, 3.05) is 23.5 Å². The maximum Gasteiger partial charge on any atom is 0.122 e. The summed E-state index contributed by atoms with van der Waals surface area (Å²) < 4.78 is 0. The molecular weight excluding hydrogens is 420 g/mol. The summed E-state index contributed by atoms with van der Waals surface area (Å²) in [7, 11) is 2.13. The van der Waals surface area contributed by atoms with Crippen LogP contribution in [0, 0.1) is 0 Å². The standard InChI is InChI=1S/C28H22N6/c1-33-18-34(24-12-3-2-11-23(24)33)20-8-4-7-19(17-20)28(25-13-16-31-32-25)26-21(9-5-14-29-26)22-10-6-15-30-27(22)28/h2-17H,18H2,1H3,(H,31,32). The summed E-state index contributed by atoms with van der Waals surface area (Å²) >= 11 is 0. The number of H-pyrrole nitrogens is 1. The van der Waals surface area contributed by atoms with Gasteiger partial charge in [-0.3, -0.25) is 15.1 Å². The lowest BCUT2D eigenvalue weighted by molar-refractivity contribution is 0.681. The number of anilines is 3. The Morgan fingerprint density at radius 3 is 2.21 bits per heavy atom. The molecule has 4 heterocycles.